The third kappa shape index (κ3) is 6.43. The summed E-state index contributed by atoms with van der Waals surface area (Å²) >= 11 is 0. The SMILES string of the molecule is CC(C)NC(=O)Nc1ccc(CNC(=O)c2ccccc2NC(=O)c2ccccc2)cc1. The predicted molar refractivity (Wildman–Crippen MR) is 126 cm³/mol. The average molecular weight is 431 g/mol. The van der Waals surface area contributed by atoms with Gasteiger partial charge in [-0.3, -0.25) is 9.59 Å². The summed E-state index contributed by atoms with van der Waals surface area (Å²) in [5, 5.41) is 11.2. The van der Waals surface area contributed by atoms with Crippen molar-refractivity contribution in [2.75, 3.05) is 10.6 Å². The number of rotatable bonds is 7. The molecule has 3 aromatic rings. The summed E-state index contributed by atoms with van der Waals surface area (Å²) in [6, 6.07) is 22.7. The normalized spacial score (nSPS) is 10.3. The Balaban J connectivity index is 1.59. The van der Waals surface area contributed by atoms with E-state index in [9.17, 15) is 14.4 Å². The van der Waals surface area contributed by atoms with Gasteiger partial charge in [0.05, 0.1) is 11.3 Å². The molecule has 4 amide bonds. The van der Waals surface area contributed by atoms with Crippen LogP contribution in [0.1, 0.15) is 40.1 Å². The molecule has 0 aliphatic heterocycles. The smallest absolute Gasteiger partial charge is 0.319 e. The van der Waals surface area contributed by atoms with Crippen molar-refractivity contribution in [1.82, 2.24) is 10.6 Å². The van der Waals surface area contributed by atoms with Gasteiger partial charge in [-0.2, -0.15) is 0 Å². The molecule has 164 valence electrons. The van der Waals surface area contributed by atoms with Crippen LogP contribution in [0.2, 0.25) is 0 Å². The maximum Gasteiger partial charge on any atom is 0.319 e. The number of carbonyl (C=O) groups excluding carboxylic acids is 3. The number of nitrogens with one attached hydrogen (secondary N) is 4. The van der Waals surface area contributed by atoms with Crippen molar-refractivity contribution in [3.8, 4) is 0 Å². The molecule has 7 heteroatoms. The minimum absolute atomic E-state index is 0.0461. The van der Waals surface area contributed by atoms with Gasteiger partial charge < -0.3 is 21.3 Å². The van der Waals surface area contributed by atoms with Crippen molar-refractivity contribution in [3.05, 3.63) is 95.6 Å². The molecule has 0 bridgehead atoms. The second kappa shape index (κ2) is 10.8. The summed E-state index contributed by atoms with van der Waals surface area (Å²) in [4.78, 5) is 37.0. The maximum absolute atomic E-state index is 12.7. The minimum atomic E-state index is -0.299. The lowest BCUT2D eigenvalue weighted by atomic mass is 10.1. The second-order valence-corrected chi connectivity index (χ2v) is 7.50. The Bertz CT molecular complexity index is 1080. The molecule has 0 aliphatic rings. The zero-order chi connectivity index (χ0) is 22.9. The Kier molecular flexibility index (Phi) is 7.59. The number of benzene rings is 3. The fourth-order valence-corrected chi connectivity index (χ4v) is 2.99. The monoisotopic (exact) mass is 430 g/mol. The maximum atomic E-state index is 12.7. The summed E-state index contributed by atoms with van der Waals surface area (Å²) in [5.41, 5.74) is 2.86. The fourth-order valence-electron chi connectivity index (χ4n) is 2.99. The molecule has 0 saturated carbocycles. The largest absolute Gasteiger partial charge is 0.348 e. The highest BCUT2D eigenvalue weighted by Crippen LogP contribution is 2.17. The summed E-state index contributed by atoms with van der Waals surface area (Å²) in [5.74, 6) is -0.581. The van der Waals surface area contributed by atoms with Crippen LogP contribution in [-0.4, -0.2) is 23.9 Å². The molecule has 3 rings (SSSR count). The van der Waals surface area contributed by atoms with E-state index < -0.39 is 0 Å². The van der Waals surface area contributed by atoms with Crippen molar-refractivity contribution < 1.29 is 14.4 Å². The second-order valence-electron chi connectivity index (χ2n) is 7.50. The molecule has 0 aliphatic carbocycles. The van der Waals surface area contributed by atoms with Crippen LogP contribution in [0, 0.1) is 0 Å². The molecule has 0 aromatic heterocycles. The minimum Gasteiger partial charge on any atom is -0.348 e. The van der Waals surface area contributed by atoms with Crippen molar-refractivity contribution in [2.24, 2.45) is 0 Å². The average Bonchev–Trinajstić information content (AvgIpc) is 2.79. The highest BCUT2D eigenvalue weighted by Gasteiger charge is 2.14. The number of amides is 4. The van der Waals surface area contributed by atoms with Crippen molar-refractivity contribution in [2.45, 2.75) is 26.4 Å². The van der Waals surface area contributed by atoms with Gasteiger partial charge in [-0.05, 0) is 55.8 Å². The Morgan fingerprint density at radius 1 is 0.750 bits per heavy atom. The van der Waals surface area contributed by atoms with E-state index in [1.54, 1.807) is 60.7 Å². The van der Waals surface area contributed by atoms with Gasteiger partial charge in [0.25, 0.3) is 11.8 Å². The van der Waals surface area contributed by atoms with Crippen LogP contribution in [0.15, 0.2) is 78.9 Å². The lowest BCUT2D eigenvalue weighted by molar-refractivity contribution is 0.0951. The summed E-state index contributed by atoms with van der Waals surface area (Å²) in [7, 11) is 0. The van der Waals surface area contributed by atoms with Gasteiger partial charge >= 0.3 is 6.03 Å². The number of carbonyl (C=O) groups is 3. The molecule has 0 spiro atoms. The number of hydrogen-bond donors (Lipinski definition) is 4. The van der Waals surface area contributed by atoms with Crippen molar-refractivity contribution >= 4 is 29.2 Å². The molecule has 0 fully saturated rings. The van der Waals surface area contributed by atoms with E-state index in [-0.39, 0.29) is 23.9 Å². The lowest BCUT2D eigenvalue weighted by Gasteiger charge is -2.12. The molecular weight excluding hydrogens is 404 g/mol. The van der Waals surface area contributed by atoms with Gasteiger partial charge in [0.1, 0.15) is 0 Å². The van der Waals surface area contributed by atoms with Gasteiger partial charge in [0, 0.05) is 23.8 Å². The Morgan fingerprint density at radius 2 is 1.41 bits per heavy atom. The summed E-state index contributed by atoms with van der Waals surface area (Å²) in [6.07, 6.45) is 0. The molecule has 0 atom stereocenters. The first-order chi connectivity index (χ1) is 15.4. The molecule has 0 heterocycles. The first-order valence-corrected chi connectivity index (χ1v) is 10.3. The Hall–Kier alpha value is -4.13. The lowest BCUT2D eigenvalue weighted by Crippen LogP contribution is -2.34. The van der Waals surface area contributed by atoms with Gasteiger partial charge in [-0.25, -0.2) is 4.79 Å². The van der Waals surface area contributed by atoms with Crippen LogP contribution >= 0.6 is 0 Å². The van der Waals surface area contributed by atoms with Crippen molar-refractivity contribution in [1.29, 1.82) is 0 Å². The quantitative estimate of drug-likeness (QED) is 0.447. The number of para-hydroxylation sites is 1. The Morgan fingerprint density at radius 3 is 2.09 bits per heavy atom. The van der Waals surface area contributed by atoms with E-state index in [2.05, 4.69) is 21.3 Å². The van der Waals surface area contributed by atoms with Gasteiger partial charge in [-0.1, -0.05) is 42.5 Å². The third-order valence-electron chi connectivity index (χ3n) is 4.54. The van der Waals surface area contributed by atoms with Gasteiger partial charge in [0.15, 0.2) is 0 Å². The molecule has 32 heavy (non-hydrogen) atoms. The summed E-state index contributed by atoms with van der Waals surface area (Å²) in [6.45, 7) is 4.07. The molecule has 4 N–H and O–H groups in total. The number of urea groups is 1. The molecule has 3 aromatic carbocycles. The van der Waals surface area contributed by atoms with Crippen molar-refractivity contribution in [3.63, 3.8) is 0 Å². The van der Waals surface area contributed by atoms with Crippen LogP contribution in [0.4, 0.5) is 16.2 Å². The Labute approximate surface area is 187 Å². The first-order valence-electron chi connectivity index (χ1n) is 10.3. The topological polar surface area (TPSA) is 99.3 Å². The summed E-state index contributed by atoms with van der Waals surface area (Å²) < 4.78 is 0. The third-order valence-corrected chi connectivity index (χ3v) is 4.54. The molecule has 0 radical (unpaired) electrons. The van der Waals surface area contributed by atoms with Crippen LogP contribution < -0.4 is 21.3 Å². The van der Waals surface area contributed by atoms with E-state index in [0.717, 1.165) is 5.56 Å². The van der Waals surface area contributed by atoms with Gasteiger partial charge in [-0.15, -0.1) is 0 Å². The zero-order valence-electron chi connectivity index (χ0n) is 18.0. The van der Waals surface area contributed by atoms with E-state index >= 15 is 0 Å². The number of anilines is 2. The zero-order valence-corrected chi connectivity index (χ0v) is 18.0. The standard InChI is InChI=1S/C25H26N4O3/c1-17(2)27-25(32)28-20-14-12-18(13-15-20)16-26-24(31)21-10-6-7-11-22(21)29-23(30)19-8-4-3-5-9-19/h3-15,17H,16H2,1-2H3,(H,26,31)(H,29,30)(H2,27,28,32). The molecule has 7 nitrogen and oxygen atoms in total. The van der Waals surface area contributed by atoms with E-state index in [0.29, 0.717) is 29.0 Å². The predicted octanol–water partition coefficient (Wildman–Crippen LogP) is 4.40. The molecule has 0 saturated heterocycles. The number of hydrogen-bond acceptors (Lipinski definition) is 3. The van der Waals surface area contributed by atoms with E-state index in [4.69, 9.17) is 0 Å². The van der Waals surface area contributed by atoms with E-state index in [1.807, 2.05) is 32.0 Å². The van der Waals surface area contributed by atoms with Crippen LogP contribution in [-0.2, 0) is 6.54 Å². The van der Waals surface area contributed by atoms with Crippen LogP contribution in [0.3, 0.4) is 0 Å². The fraction of sp³-hybridized carbons (Fsp3) is 0.160. The highest BCUT2D eigenvalue weighted by atomic mass is 16.2. The van der Waals surface area contributed by atoms with Crippen LogP contribution in [0.5, 0.6) is 0 Å². The van der Waals surface area contributed by atoms with E-state index in [1.165, 1.54) is 0 Å². The van der Waals surface area contributed by atoms with Crippen LogP contribution in [0.25, 0.3) is 0 Å². The molecule has 0 unspecified atom stereocenters. The first kappa shape index (κ1) is 22.6. The highest BCUT2D eigenvalue weighted by molar-refractivity contribution is 6.09. The molecular formula is C25H26N4O3. The van der Waals surface area contributed by atoms with Gasteiger partial charge in [0.2, 0.25) is 0 Å².